The average molecular weight is 619 g/mol. The Morgan fingerprint density at radius 3 is 2.02 bits per heavy atom. The molecule has 1 N–H and O–H groups in total. The van der Waals surface area contributed by atoms with Crippen molar-refractivity contribution in [1.82, 2.24) is 0 Å². The highest BCUT2D eigenvalue weighted by molar-refractivity contribution is 6.16. The Morgan fingerprint density at radius 2 is 1.40 bits per heavy atom. The van der Waals surface area contributed by atoms with E-state index in [0.717, 1.165) is 13.2 Å². The number of phenols is 1. The first-order valence-corrected chi connectivity index (χ1v) is 12.9. The molecule has 0 radical (unpaired) electrons. The lowest BCUT2D eigenvalue weighted by atomic mass is 10.0. The summed E-state index contributed by atoms with van der Waals surface area (Å²) in [5, 5.41) is 10.9. The molecule has 1 heterocycles. The summed E-state index contributed by atoms with van der Waals surface area (Å²) in [5.41, 5.74) is 1.32. The van der Waals surface area contributed by atoms with Crippen LogP contribution in [0.3, 0.4) is 0 Å². The molecule has 3 rings (SSSR count). The molecule has 45 heavy (non-hydrogen) atoms. The van der Waals surface area contributed by atoms with Crippen molar-refractivity contribution >= 4 is 52.4 Å². The molecule has 1 aromatic heterocycles. The van der Waals surface area contributed by atoms with Crippen LogP contribution in [0.5, 0.6) is 17.2 Å². The quantitative estimate of drug-likeness (QED) is 0.0899. The van der Waals surface area contributed by atoms with Crippen LogP contribution in [0.25, 0.3) is 28.7 Å². The second-order valence-electron chi connectivity index (χ2n) is 8.96. The van der Waals surface area contributed by atoms with Crippen LogP contribution in [0.15, 0.2) is 77.9 Å². The zero-order valence-electron chi connectivity index (χ0n) is 25.1. The molecular weight excluding hydrogens is 588 g/mol. The number of benzene rings is 2. The van der Waals surface area contributed by atoms with Crippen LogP contribution in [0.1, 0.15) is 27.0 Å². The van der Waals surface area contributed by atoms with Crippen molar-refractivity contribution in [3.63, 3.8) is 0 Å². The van der Waals surface area contributed by atoms with E-state index < -0.39 is 29.5 Å². The van der Waals surface area contributed by atoms with E-state index in [1.807, 2.05) is 0 Å². The fourth-order valence-electron chi connectivity index (χ4n) is 3.94. The van der Waals surface area contributed by atoms with Gasteiger partial charge in [-0.3, -0.25) is 4.79 Å². The molecule has 0 unspecified atom stereocenters. The molecule has 234 valence electrons. The van der Waals surface area contributed by atoms with Crippen molar-refractivity contribution in [3.05, 3.63) is 95.7 Å². The maximum absolute atomic E-state index is 13.0. The van der Waals surface area contributed by atoms with Gasteiger partial charge in [-0.1, -0.05) is 18.7 Å². The summed E-state index contributed by atoms with van der Waals surface area (Å²) in [7, 11) is 6.30. The number of allylic oxidation sites excluding steroid dienone is 3. The standard InChI is InChI=1S/C33H30O12/c1-18(31(36)41-5)24-12-21(14-27(39-3)29(24)35)9-11-23(45-19(2)32(37)42-6)16-22(34)10-8-20-13-25-26(33(38)43-7)17-44-30(25)28(15-20)40-4/h8-17,35H,1-2H2,3-7H3/b10-8+,11-9+,23-16-. The fraction of sp³-hybridized carbons (Fsp3) is 0.152. The van der Waals surface area contributed by atoms with Crippen molar-refractivity contribution in [2.45, 2.75) is 0 Å². The number of ether oxygens (including phenoxy) is 6. The third-order valence-electron chi connectivity index (χ3n) is 6.18. The second-order valence-corrected chi connectivity index (χ2v) is 8.96. The van der Waals surface area contributed by atoms with Gasteiger partial charge in [0.25, 0.3) is 0 Å². The molecule has 0 bridgehead atoms. The van der Waals surface area contributed by atoms with Crippen LogP contribution < -0.4 is 9.47 Å². The molecule has 0 spiro atoms. The number of esters is 3. The SMILES string of the molecule is C=C(OC(=C\C(=O)/C=C/c1cc(OC)c2occ(C(=O)OC)c2c1)/C=C/c1cc(OC)c(O)c(C(=C)C(=O)OC)c1)C(=O)OC. The molecule has 3 aromatic rings. The Balaban J connectivity index is 2.00. The Kier molecular flexibility index (Phi) is 11.1. The van der Waals surface area contributed by atoms with Gasteiger partial charge in [-0.2, -0.15) is 0 Å². The molecule has 0 amide bonds. The van der Waals surface area contributed by atoms with Crippen molar-refractivity contribution < 1.29 is 57.1 Å². The first-order valence-electron chi connectivity index (χ1n) is 12.9. The van der Waals surface area contributed by atoms with Crippen LogP contribution in [-0.2, 0) is 33.3 Å². The number of hydrogen-bond donors (Lipinski definition) is 1. The third-order valence-corrected chi connectivity index (χ3v) is 6.18. The lowest BCUT2D eigenvalue weighted by Gasteiger charge is -2.12. The van der Waals surface area contributed by atoms with Crippen LogP contribution in [0.4, 0.5) is 0 Å². The predicted octanol–water partition coefficient (Wildman–Crippen LogP) is 5.01. The largest absolute Gasteiger partial charge is 0.504 e. The van der Waals surface area contributed by atoms with E-state index in [1.54, 1.807) is 12.1 Å². The molecule has 12 heteroatoms. The number of hydrogen-bond acceptors (Lipinski definition) is 12. The zero-order chi connectivity index (χ0) is 33.3. The number of phenolic OH excluding ortho intramolecular Hbond substituents is 1. The van der Waals surface area contributed by atoms with Gasteiger partial charge in [0.2, 0.25) is 5.76 Å². The number of furan rings is 1. The van der Waals surface area contributed by atoms with Crippen molar-refractivity contribution in [1.29, 1.82) is 0 Å². The first kappa shape index (κ1) is 33.5. The number of carbonyl (C=O) groups is 4. The second kappa shape index (κ2) is 14.9. The van der Waals surface area contributed by atoms with E-state index in [0.29, 0.717) is 27.8 Å². The number of fused-ring (bicyclic) bond motifs is 1. The molecule has 0 aliphatic rings. The number of ketones is 1. The molecule has 2 aromatic carbocycles. The fourth-order valence-corrected chi connectivity index (χ4v) is 3.94. The van der Waals surface area contributed by atoms with Gasteiger partial charge < -0.3 is 37.9 Å². The predicted molar refractivity (Wildman–Crippen MR) is 163 cm³/mol. The Labute approximate surface area is 258 Å². The molecular formula is C33H30O12. The summed E-state index contributed by atoms with van der Waals surface area (Å²) in [5.74, 6) is -3.31. The highest BCUT2D eigenvalue weighted by atomic mass is 16.6. The smallest absolute Gasteiger partial charge is 0.373 e. The lowest BCUT2D eigenvalue weighted by molar-refractivity contribution is -0.139. The van der Waals surface area contributed by atoms with E-state index >= 15 is 0 Å². The number of aromatic hydroxyl groups is 1. The normalized spacial score (nSPS) is 11.4. The van der Waals surface area contributed by atoms with Gasteiger partial charge in [0, 0.05) is 17.0 Å². The summed E-state index contributed by atoms with van der Waals surface area (Å²) in [6.07, 6.45) is 7.84. The average Bonchev–Trinajstić information content (AvgIpc) is 3.48. The summed E-state index contributed by atoms with van der Waals surface area (Å²) in [6, 6.07) is 6.12. The molecule has 0 fully saturated rings. The van der Waals surface area contributed by atoms with Gasteiger partial charge in [-0.15, -0.1) is 0 Å². The van der Waals surface area contributed by atoms with Gasteiger partial charge in [0.05, 0.1) is 41.1 Å². The van der Waals surface area contributed by atoms with Gasteiger partial charge >= 0.3 is 17.9 Å². The Bertz CT molecular complexity index is 1770. The molecule has 0 aliphatic heterocycles. The van der Waals surface area contributed by atoms with Crippen molar-refractivity contribution in [3.8, 4) is 17.2 Å². The van der Waals surface area contributed by atoms with E-state index in [9.17, 15) is 24.3 Å². The van der Waals surface area contributed by atoms with E-state index in [-0.39, 0.29) is 34.0 Å². The molecule has 0 atom stereocenters. The lowest BCUT2D eigenvalue weighted by Crippen LogP contribution is -2.07. The van der Waals surface area contributed by atoms with E-state index in [4.69, 9.17) is 28.1 Å². The highest BCUT2D eigenvalue weighted by Crippen LogP contribution is 2.36. The zero-order valence-corrected chi connectivity index (χ0v) is 25.1. The minimum atomic E-state index is -0.873. The molecule has 0 saturated heterocycles. The highest BCUT2D eigenvalue weighted by Gasteiger charge is 2.19. The summed E-state index contributed by atoms with van der Waals surface area (Å²) >= 11 is 0. The summed E-state index contributed by atoms with van der Waals surface area (Å²) < 4.78 is 35.7. The van der Waals surface area contributed by atoms with Gasteiger partial charge in [0.1, 0.15) is 17.6 Å². The number of methoxy groups -OCH3 is 5. The Morgan fingerprint density at radius 1 is 0.778 bits per heavy atom. The molecule has 0 aliphatic carbocycles. The van der Waals surface area contributed by atoms with Crippen LogP contribution in [0, 0.1) is 0 Å². The molecule has 0 saturated carbocycles. The maximum atomic E-state index is 13.0. The van der Waals surface area contributed by atoms with Gasteiger partial charge in [-0.25, -0.2) is 14.4 Å². The summed E-state index contributed by atoms with van der Waals surface area (Å²) in [4.78, 5) is 49.1. The third kappa shape index (κ3) is 7.87. The van der Waals surface area contributed by atoms with Gasteiger partial charge in [-0.05, 0) is 54.1 Å². The topological polar surface area (TPSA) is 157 Å². The molecule has 12 nitrogen and oxygen atoms in total. The van der Waals surface area contributed by atoms with Gasteiger partial charge in [0.15, 0.2) is 28.6 Å². The van der Waals surface area contributed by atoms with E-state index in [1.165, 1.54) is 71.1 Å². The van der Waals surface area contributed by atoms with Crippen molar-refractivity contribution in [2.24, 2.45) is 0 Å². The number of rotatable bonds is 13. The van der Waals surface area contributed by atoms with E-state index in [2.05, 4.69) is 17.9 Å². The minimum absolute atomic E-state index is 0.0296. The maximum Gasteiger partial charge on any atom is 0.373 e. The van der Waals surface area contributed by atoms with Crippen LogP contribution in [0.2, 0.25) is 0 Å². The number of carbonyl (C=O) groups excluding carboxylic acids is 4. The van der Waals surface area contributed by atoms with Crippen LogP contribution in [-0.4, -0.2) is 64.3 Å². The first-order chi connectivity index (χ1) is 21.5. The monoisotopic (exact) mass is 618 g/mol. The Hall–Kier alpha value is -6.04. The van der Waals surface area contributed by atoms with Crippen LogP contribution >= 0.6 is 0 Å². The summed E-state index contributed by atoms with van der Waals surface area (Å²) in [6.45, 7) is 7.18. The van der Waals surface area contributed by atoms with Crippen molar-refractivity contribution in [2.75, 3.05) is 35.5 Å². The minimum Gasteiger partial charge on any atom is -0.504 e.